The Morgan fingerprint density at radius 2 is 1.84 bits per heavy atom. The molecule has 0 aliphatic carbocycles. The highest BCUT2D eigenvalue weighted by Crippen LogP contribution is 2.30. The van der Waals surface area contributed by atoms with Crippen LogP contribution >= 0.6 is 0 Å². The van der Waals surface area contributed by atoms with Gasteiger partial charge in [-0.2, -0.15) is 8.78 Å². The zero-order chi connectivity index (χ0) is 23.1. The molecule has 0 spiro atoms. The molecule has 11 heteroatoms. The summed E-state index contributed by atoms with van der Waals surface area (Å²) < 4.78 is 52.3. The minimum absolute atomic E-state index is 0.0261. The number of piperidine rings is 1. The van der Waals surface area contributed by atoms with E-state index in [4.69, 9.17) is 5.21 Å². The van der Waals surface area contributed by atoms with Crippen molar-refractivity contribution in [2.45, 2.75) is 25.5 Å². The smallest absolute Gasteiger partial charge is 0.387 e. The Labute approximate surface area is 186 Å². The van der Waals surface area contributed by atoms with Crippen LogP contribution in [0.5, 0.6) is 5.75 Å². The molecule has 2 aromatic carbocycles. The van der Waals surface area contributed by atoms with Crippen molar-refractivity contribution < 1.29 is 32.3 Å². The second kappa shape index (κ2) is 11.0. The van der Waals surface area contributed by atoms with Crippen molar-refractivity contribution in [3.8, 4) is 5.75 Å². The van der Waals surface area contributed by atoms with Gasteiger partial charge in [0.15, 0.2) is 0 Å². The molecule has 1 aliphatic rings. The third-order valence-electron chi connectivity index (χ3n) is 5.08. The first-order chi connectivity index (χ1) is 15.4. The third kappa shape index (κ3) is 6.02. The van der Waals surface area contributed by atoms with Gasteiger partial charge in [-0.15, -0.1) is 0 Å². The molecule has 1 unspecified atom stereocenters. The lowest BCUT2D eigenvalue weighted by molar-refractivity contribution is -0.124. The van der Waals surface area contributed by atoms with Gasteiger partial charge in [0.1, 0.15) is 5.75 Å². The molecule has 1 heterocycles. The zero-order valence-corrected chi connectivity index (χ0v) is 17.8. The highest BCUT2D eigenvalue weighted by molar-refractivity contribution is 7.80. The number of hydroxylamine groups is 1. The number of carbonyl (C=O) groups excluding carboxylic acids is 1. The Bertz CT molecular complexity index is 966. The number of carbonyl (C=O) groups is 1. The maximum absolute atomic E-state index is 12.3. The summed E-state index contributed by atoms with van der Waals surface area (Å²) in [4.78, 5) is 13.4. The highest BCUT2D eigenvalue weighted by Gasteiger charge is 2.29. The van der Waals surface area contributed by atoms with Crippen molar-refractivity contribution in [2.24, 2.45) is 0 Å². The number of nitrogens with one attached hydrogen (secondary N) is 1. The Kier molecular flexibility index (Phi) is 8.14. The van der Waals surface area contributed by atoms with Crippen molar-refractivity contribution in [1.82, 2.24) is 5.48 Å². The molecule has 1 aliphatic heterocycles. The Morgan fingerprint density at radius 1 is 1.19 bits per heavy atom. The Morgan fingerprint density at radius 3 is 2.44 bits per heavy atom. The molecule has 8 nitrogen and oxygen atoms in total. The number of anilines is 2. The Hall–Kier alpha value is -3.02. The van der Waals surface area contributed by atoms with Crippen LogP contribution in [0.4, 0.5) is 20.2 Å². The van der Waals surface area contributed by atoms with Gasteiger partial charge in [0, 0.05) is 30.9 Å². The monoisotopic (exact) mass is 467 g/mol. The van der Waals surface area contributed by atoms with Gasteiger partial charge in [-0.25, -0.2) is 9.69 Å². The molecule has 0 radical (unpaired) electrons. The number of hydrogen-bond acceptors (Lipinski definition) is 5. The fourth-order valence-corrected chi connectivity index (χ4v) is 4.43. The lowest BCUT2D eigenvalue weighted by Gasteiger charge is -2.39. The van der Waals surface area contributed by atoms with Gasteiger partial charge < -0.3 is 9.64 Å². The number of hydrogen-bond donors (Lipinski definition) is 3. The van der Waals surface area contributed by atoms with Crippen molar-refractivity contribution in [3.05, 3.63) is 60.2 Å². The van der Waals surface area contributed by atoms with Crippen molar-refractivity contribution >= 4 is 34.6 Å². The minimum Gasteiger partial charge on any atom is -0.435 e. The van der Waals surface area contributed by atoms with Gasteiger partial charge in [0.2, 0.25) is 0 Å². The summed E-state index contributed by atoms with van der Waals surface area (Å²) in [7, 11) is 0. The van der Waals surface area contributed by atoms with Crippen LogP contribution in [0.3, 0.4) is 0 Å². The number of para-hydroxylation sites is 1. The first kappa shape index (κ1) is 23.6. The quantitative estimate of drug-likeness (QED) is 0.238. The summed E-state index contributed by atoms with van der Waals surface area (Å²) in [5, 5.41) is 8.65. The number of alkyl halides is 2. The molecule has 1 atom stereocenters. The van der Waals surface area contributed by atoms with E-state index < -0.39 is 23.8 Å². The van der Waals surface area contributed by atoms with Crippen LogP contribution in [0.25, 0.3) is 6.08 Å². The fraction of sp³-hybridized carbons (Fsp3) is 0.286. The molecule has 32 heavy (non-hydrogen) atoms. The SMILES string of the molecule is O=C(/C=C/c1ccccc1N1CCC(N(c2ccc(OC(F)F)cc2)S(=O)O)CC1)NO. The largest absolute Gasteiger partial charge is 0.435 e. The van der Waals surface area contributed by atoms with E-state index in [2.05, 4.69) is 9.64 Å². The van der Waals surface area contributed by atoms with E-state index >= 15 is 0 Å². The summed E-state index contributed by atoms with van der Waals surface area (Å²) in [6.45, 7) is -1.74. The van der Waals surface area contributed by atoms with Crippen LogP contribution in [0.2, 0.25) is 0 Å². The number of halogens is 2. The number of ether oxygens (including phenoxy) is 1. The van der Waals surface area contributed by atoms with E-state index in [1.807, 2.05) is 24.3 Å². The molecule has 1 saturated heterocycles. The van der Waals surface area contributed by atoms with Crippen LogP contribution < -0.4 is 19.4 Å². The molecule has 3 rings (SSSR count). The molecule has 0 saturated carbocycles. The predicted molar refractivity (Wildman–Crippen MR) is 117 cm³/mol. The van der Waals surface area contributed by atoms with Crippen molar-refractivity contribution in [1.29, 1.82) is 0 Å². The van der Waals surface area contributed by atoms with Gasteiger partial charge in [-0.3, -0.25) is 18.9 Å². The molecule has 1 fully saturated rings. The second-order valence-electron chi connectivity index (χ2n) is 7.02. The van der Waals surface area contributed by atoms with Crippen LogP contribution in [0.1, 0.15) is 18.4 Å². The molecule has 0 aromatic heterocycles. The highest BCUT2D eigenvalue weighted by atomic mass is 32.2. The zero-order valence-electron chi connectivity index (χ0n) is 16.9. The molecule has 3 N–H and O–H groups in total. The summed E-state index contributed by atoms with van der Waals surface area (Å²) in [6.07, 6.45) is 3.99. The van der Waals surface area contributed by atoms with Crippen LogP contribution in [-0.4, -0.2) is 45.6 Å². The molecule has 172 valence electrons. The Balaban J connectivity index is 1.71. The fourth-order valence-electron chi connectivity index (χ4n) is 3.66. The topological polar surface area (TPSA) is 102 Å². The standard InChI is InChI=1S/C21H23F2N3O5S/c22-21(23)31-18-8-6-16(7-9-18)26(32(29)30)17-11-13-25(14-12-17)19-4-2-1-3-15(19)5-10-20(27)24-28/h1-10,17,21,28H,11-14H2,(H,24,27)(H,29,30)/b10-5+. The normalized spacial score (nSPS) is 15.7. The van der Waals surface area contributed by atoms with Gasteiger partial charge in [-0.1, -0.05) is 18.2 Å². The maximum atomic E-state index is 12.3. The number of benzene rings is 2. The summed E-state index contributed by atoms with van der Waals surface area (Å²) in [5.74, 6) is -0.661. The van der Waals surface area contributed by atoms with E-state index in [0.717, 1.165) is 11.3 Å². The second-order valence-corrected chi connectivity index (χ2v) is 7.87. The first-order valence-corrected chi connectivity index (χ1v) is 10.9. The van der Waals surface area contributed by atoms with Gasteiger partial charge in [-0.05, 0) is 54.8 Å². The molecular weight excluding hydrogens is 444 g/mol. The summed E-state index contributed by atoms with van der Waals surface area (Å²) >= 11 is -2.29. The maximum Gasteiger partial charge on any atom is 0.387 e. The van der Waals surface area contributed by atoms with Crippen LogP contribution in [0.15, 0.2) is 54.6 Å². The van der Waals surface area contributed by atoms with Crippen LogP contribution in [0, 0.1) is 0 Å². The first-order valence-electron chi connectivity index (χ1n) is 9.80. The predicted octanol–water partition coefficient (Wildman–Crippen LogP) is 3.42. The third-order valence-corrected chi connectivity index (χ3v) is 5.93. The van der Waals surface area contributed by atoms with Crippen LogP contribution in [-0.2, 0) is 16.1 Å². The average Bonchev–Trinajstić information content (AvgIpc) is 2.79. The van der Waals surface area contributed by atoms with E-state index in [9.17, 15) is 22.3 Å². The lowest BCUT2D eigenvalue weighted by Crippen LogP contribution is -2.46. The summed E-state index contributed by atoms with van der Waals surface area (Å²) in [6, 6.07) is 12.9. The number of nitrogens with zero attached hydrogens (tertiary/aromatic N) is 2. The van der Waals surface area contributed by atoms with E-state index in [-0.39, 0.29) is 11.8 Å². The van der Waals surface area contributed by atoms with E-state index in [1.165, 1.54) is 34.6 Å². The number of amides is 1. The number of rotatable bonds is 8. The molecular formula is C21H23F2N3O5S. The van der Waals surface area contributed by atoms with Crippen molar-refractivity contribution in [2.75, 3.05) is 22.3 Å². The lowest BCUT2D eigenvalue weighted by atomic mass is 10.0. The van der Waals surface area contributed by atoms with E-state index in [0.29, 0.717) is 31.6 Å². The summed E-state index contributed by atoms with van der Waals surface area (Å²) in [5.41, 5.74) is 3.68. The van der Waals surface area contributed by atoms with Crippen molar-refractivity contribution in [3.63, 3.8) is 0 Å². The average molecular weight is 467 g/mol. The van der Waals surface area contributed by atoms with Gasteiger partial charge in [0.25, 0.3) is 17.2 Å². The molecule has 1 amide bonds. The van der Waals surface area contributed by atoms with Gasteiger partial charge in [0.05, 0.1) is 5.69 Å². The van der Waals surface area contributed by atoms with Gasteiger partial charge >= 0.3 is 6.61 Å². The molecule has 0 bridgehead atoms. The minimum atomic E-state index is -2.94. The molecule has 2 aromatic rings. The van der Waals surface area contributed by atoms with E-state index in [1.54, 1.807) is 11.6 Å².